The summed E-state index contributed by atoms with van der Waals surface area (Å²) in [5.41, 5.74) is 4.56. The van der Waals surface area contributed by atoms with E-state index in [1.165, 1.54) is 0 Å². The molecular formula is C17H17ClN2O4. The second-order valence-electron chi connectivity index (χ2n) is 4.75. The Bertz CT molecular complexity index is 662. The maximum absolute atomic E-state index is 11.6. The Labute approximate surface area is 144 Å². The van der Waals surface area contributed by atoms with Crippen LogP contribution in [0.1, 0.15) is 6.42 Å². The number of hydrazine groups is 1. The quantitative estimate of drug-likeness (QED) is 0.753. The molecule has 7 heteroatoms. The summed E-state index contributed by atoms with van der Waals surface area (Å²) in [5, 5.41) is 0.580. The molecule has 0 saturated carbocycles. The van der Waals surface area contributed by atoms with E-state index in [-0.39, 0.29) is 25.5 Å². The first-order valence-corrected chi connectivity index (χ1v) is 7.65. The Morgan fingerprint density at radius 1 is 0.833 bits per heavy atom. The van der Waals surface area contributed by atoms with E-state index < -0.39 is 5.91 Å². The fourth-order valence-electron chi connectivity index (χ4n) is 1.70. The van der Waals surface area contributed by atoms with Gasteiger partial charge in [-0.25, -0.2) is 0 Å². The molecule has 0 spiro atoms. The number of rotatable bonds is 7. The minimum Gasteiger partial charge on any atom is -0.493 e. The van der Waals surface area contributed by atoms with Gasteiger partial charge in [0.1, 0.15) is 11.5 Å². The lowest BCUT2D eigenvalue weighted by Crippen LogP contribution is -2.44. The second-order valence-corrected chi connectivity index (χ2v) is 5.19. The number of carbonyl (C=O) groups excluding carboxylic acids is 2. The molecule has 6 nitrogen and oxygen atoms in total. The zero-order valence-electron chi connectivity index (χ0n) is 12.8. The number of ether oxygens (including phenoxy) is 2. The molecule has 0 saturated heterocycles. The average molecular weight is 349 g/mol. The van der Waals surface area contributed by atoms with Crippen LogP contribution in [-0.4, -0.2) is 25.0 Å². The van der Waals surface area contributed by atoms with Crippen LogP contribution in [0.15, 0.2) is 54.6 Å². The van der Waals surface area contributed by atoms with E-state index in [1.54, 1.807) is 36.4 Å². The highest BCUT2D eigenvalue weighted by Gasteiger charge is 2.06. The van der Waals surface area contributed by atoms with Crippen LogP contribution >= 0.6 is 11.6 Å². The van der Waals surface area contributed by atoms with Gasteiger partial charge in [0, 0.05) is 5.02 Å². The maximum Gasteiger partial charge on any atom is 0.276 e. The first kappa shape index (κ1) is 17.6. The van der Waals surface area contributed by atoms with E-state index in [9.17, 15) is 9.59 Å². The monoisotopic (exact) mass is 348 g/mol. The van der Waals surface area contributed by atoms with Gasteiger partial charge >= 0.3 is 0 Å². The van der Waals surface area contributed by atoms with Crippen molar-refractivity contribution in [1.82, 2.24) is 10.9 Å². The summed E-state index contributed by atoms with van der Waals surface area (Å²) in [5.74, 6) is 0.371. The molecule has 0 aliphatic carbocycles. The van der Waals surface area contributed by atoms with Crippen LogP contribution in [0.3, 0.4) is 0 Å². The number of hydrogen-bond donors (Lipinski definition) is 2. The Balaban J connectivity index is 1.59. The Morgan fingerprint density at radius 3 is 2.17 bits per heavy atom. The van der Waals surface area contributed by atoms with Crippen LogP contribution in [0.2, 0.25) is 5.02 Å². The van der Waals surface area contributed by atoms with Crippen LogP contribution in [-0.2, 0) is 9.59 Å². The van der Waals surface area contributed by atoms with Gasteiger partial charge in [0.2, 0.25) is 5.91 Å². The van der Waals surface area contributed by atoms with Gasteiger partial charge in [-0.1, -0.05) is 29.8 Å². The highest BCUT2D eigenvalue weighted by atomic mass is 35.5. The molecule has 0 aromatic heterocycles. The van der Waals surface area contributed by atoms with Crippen LogP contribution in [0.4, 0.5) is 0 Å². The van der Waals surface area contributed by atoms with E-state index in [4.69, 9.17) is 21.1 Å². The molecule has 0 bridgehead atoms. The van der Waals surface area contributed by atoms with Gasteiger partial charge in [0.15, 0.2) is 6.61 Å². The van der Waals surface area contributed by atoms with E-state index in [0.717, 1.165) is 0 Å². The van der Waals surface area contributed by atoms with Crippen molar-refractivity contribution in [2.45, 2.75) is 6.42 Å². The van der Waals surface area contributed by atoms with E-state index >= 15 is 0 Å². The zero-order chi connectivity index (χ0) is 17.2. The molecule has 2 aromatic rings. The van der Waals surface area contributed by atoms with Gasteiger partial charge in [-0.15, -0.1) is 0 Å². The van der Waals surface area contributed by atoms with Crippen molar-refractivity contribution in [3.63, 3.8) is 0 Å². The Kier molecular flexibility index (Phi) is 6.91. The van der Waals surface area contributed by atoms with Crippen LogP contribution in [0.25, 0.3) is 0 Å². The summed E-state index contributed by atoms with van der Waals surface area (Å²) in [6.45, 7) is -0.00454. The predicted octanol–water partition coefficient (Wildman–Crippen LogP) is 2.34. The largest absolute Gasteiger partial charge is 0.493 e. The third-order valence-corrected chi connectivity index (χ3v) is 3.12. The van der Waals surface area contributed by atoms with Crippen LogP contribution in [0, 0.1) is 0 Å². The summed E-state index contributed by atoms with van der Waals surface area (Å²) < 4.78 is 10.6. The highest BCUT2D eigenvalue weighted by molar-refractivity contribution is 6.30. The summed E-state index contributed by atoms with van der Waals surface area (Å²) in [6, 6.07) is 15.8. The molecule has 2 amide bonds. The van der Waals surface area contributed by atoms with Crippen molar-refractivity contribution in [3.05, 3.63) is 59.6 Å². The average Bonchev–Trinajstić information content (AvgIpc) is 2.60. The molecule has 126 valence electrons. The minimum atomic E-state index is -0.470. The molecular weight excluding hydrogens is 332 g/mol. The smallest absolute Gasteiger partial charge is 0.276 e. The van der Waals surface area contributed by atoms with Gasteiger partial charge in [-0.2, -0.15) is 0 Å². The van der Waals surface area contributed by atoms with Crippen LogP contribution in [0.5, 0.6) is 11.5 Å². The fourth-order valence-corrected chi connectivity index (χ4v) is 1.82. The summed E-state index contributed by atoms with van der Waals surface area (Å²) in [4.78, 5) is 23.2. The minimum absolute atomic E-state index is 0.118. The van der Waals surface area contributed by atoms with Crippen molar-refractivity contribution in [2.24, 2.45) is 0 Å². The Hall–Kier alpha value is -2.73. The SMILES string of the molecule is O=C(CCOc1ccccc1)NNC(=O)COc1ccc(Cl)cc1. The van der Waals surface area contributed by atoms with Crippen molar-refractivity contribution in [2.75, 3.05) is 13.2 Å². The lowest BCUT2D eigenvalue weighted by molar-refractivity contribution is -0.130. The summed E-state index contributed by atoms with van der Waals surface area (Å²) in [7, 11) is 0. The summed E-state index contributed by atoms with van der Waals surface area (Å²) in [6.07, 6.45) is 0.118. The topological polar surface area (TPSA) is 76.7 Å². The normalized spacial score (nSPS) is 9.88. The number of nitrogens with one attached hydrogen (secondary N) is 2. The molecule has 0 heterocycles. The van der Waals surface area contributed by atoms with Crippen molar-refractivity contribution in [1.29, 1.82) is 0 Å². The molecule has 0 unspecified atom stereocenters. The van der Waals surface area contributed by atoms with Gasteiger partial charge < -0.3 is 9.47 Å². The van der Waals surface area contributed by atoms with E-state index in [2.05, 4.69) is 10.9 Å². The number of para-hydroxylation sites is 1. The lowest BCUT2D eigenvalue weighted by Gasteiger charge is -2.09. The van der Waals surface area contributed by atoms with E-state index in [1.807, 2.05) is 18.2 Å². The number of amides is 2. The molecule has 0 aliphatic rings. The molecule has 0 atom stereocenters. The molecule has 0 aliphatic heterocycles. The number of halogens is 1. The third-order valence-electron chi connectivity index (χ3n) is 2.87. The van der Waals surface area contributed by atoms with Crippen molar-refractivity contribution < 1.29 is 19.1 Å². The number of benzene rings is 2. The third kappa shape index (κ3) is 6.58. The van der Waals surface area contributed by atoms with Gasteiger partial charge in [0.05, 0.1) is 13.0 Å². The molecule has 2 aromatic carbocycles. The van der Waals surface area contributed by atoms with Gasteiger partial charge in [-0.05, 0) is 36.4 Å². The molecule has 0 fully saturated rings. The predicted molar refractivity (Wildman–Crippen MR) is 89.8 cm³/mol. The molecule has 2 N–H and O–H groups in total. The molecule has 24 heavy (non-hydrogen) atoms. The molecule has 0 radical (unpaired) electrons. The van der Waals surface area contributed by atoms with Crippen molar-refractivity contribution >= 4 is 23.4 Å². The Morgan fingerprint density at radius 2 is 1.46 bits per heavy atom. The fraction of sp³-hybridized carbons (Fsp3) is 0.176. The van der Waals surface area contributed by atoms with Gasteiger partial charge in [0.25, 0.3) is 5.91 Å². The molecule has 2 rings (SSSR count). The van der Waals surface area contributed by atoms with Crippen molar-refractivity contribution in [3.8, 4) is 11.5 Å². The first-order chi connectivity index (χ1) is 11.6. The van der Waals surface area contributed by atoms with E-state index in [0.29, 0.717) is 16.5 Å². The number of hydrogen-bond acceptors (Lipinski definition) is 4. The second kappa shape index (κ2) is 9.42. The first-order valence-electron chi connectivity index (χ1n) is 7.27. The highest BCUT2D eigenvalue weighted by Crippen LogP contribution is 2.15. The maximum atomic E-state index is 11.6. The van der Waals surface area contributed by atoms with Gasteiger partial charge in [-0.3, -0.25) is 20.4 Å². The standard InChI is InChI=1S/C17H17ClN2O4/c18-13-6-8-15(9-7-13)24-12-17(22)20-19-16(21)10-11-23-14-4-2-1-3-5-14/h1-9H,10-12H2,(H,19,21)(H,20,22). The van der Waals surface area contributed by atoms with Crippen LogP contribution < -0.4 is 20.3 Å². The summed E-state index contributed by atoms with van der Waals surface area (Å²) >= 11 is 5.75. The zero-order valence-corrected chi connectivity index (χ0v) is 13.6. The lowest BCUT2D eigenvalue weighted by atomic mass is 10.3. The number of carbonyl (C=O) groups is 2.